The first-order valence-electron chi connectivity index (χ1n) is 14.4. The van der Waals surface area contributed by atoms with Crippen LogP contribution in [-0.2, 0) is 15.7 Å². The van der Waals surface area contributed by atoms with Gasteiger partial charge in [0, 0.05) is 24.8 Å². The van der Waals surface area contributed by atoms with Gasteiger partial charge in [-0.2, -0.15) is 28.5 Å². The van der Waals surface area contributed by atoms with Crippen molar-refractivity contribution in [3.8, 4) is 5.82 Å². The smallest absolute Gasteiger partial charge is 0.368 e. The first kappa shape index (κ1) is 33.5. The number of aromatic nitrogens is 7. The third-order valence-electron chi connectivity index (χ3n) is 8.53. The van der Waals surface area contributed by atoms with Gasteiger partial charge < -0.3 is 15.4 Å². The van der Waals surface area contributed by atoms with Gasteiger partial charge in [0.2, 0.25) is 5.91 Å². The van der Waals surface area contributed by atoms with Gasteiger partial charge in [0.15, 0.2) is 23.3 Å². The number of hydrogen-bond donors (Lipinski definition) is 2. The molecule has 0 bridgehead atoms. The van der Waals surface area contributed by atoms with Crippen molar-refractivity contribution in [1.29, 1.82) is 0 Å². The molecule has 0 saturated heterocycles. The van der Waals surface area contributed by atoms with E-state index in [1.54, 1.807) is 43.3 Å². The number of nitrogens with one attached hydrogen (secondary N) is 1. The van der Waals surface area contributed by atoms with E-state index in [4.69, 9.17) is 15.6 Å². The Balaban J connectivity index is 0.00000433. The number of methoxy groups -OCH3 is 1. The van der Waals surface area contributed by atoms with Crippen LogP contribution < -0.4 is 16.2 Å². The minimum Gasteiger partial charge on any atom is -0.368 e. The van der Waals surface area contributed by atoms with Crippen LogP contribution in [0.5, 0.6) is 0 Å². The molecule has 0 aliphatic heterocycles. The quantitative estimate of drug-likeness (QED) is 0.214. The SMILES string of the molecule is COC1(C(N)=O)CCC(n2nc(N(c3cc(C(F)(F)F)[nH]n3)[C@@H](C)c3ccc(-n4cc(F)cn4)nc3)c3ccccc3c2=O)CC1.Cl. The maximum absolute atomic E-state index is 13.8. The minimum absolute atomic E-state index is 0. The molecule has 6 rings (SSSR count). The van der Waals surface area contributed by atoms with Crippen molar-refractivity contribution in [2.45, 2.75) is 56.5 Å². The molecule has 1 saturated carbocycles. The molecule has 0 unspecified atom stereocenters. The van der Waals surface area contributed by atoms with E-state index in [-0.39, 0.29) is 36.9 Å². The number of primary amides is 1. The van der Waals surface area contributed by atoms with Gasteiger partial charge >= 0.3 is 6.18 Å². The molecule has 4 aromatic heterocycles. The lowest BCUT2D eigenvalue weighted by Gasteiger charge is -2.37. The highest BCUT2D eigenvalue weighted by Gasteiger charge is 2.42. The van der Waals surface area contributed by atoms with E-state index in [1.807, 2.05) is 0 Å². The summed E-state index contributed by atoms with van der Waals surface area (Å²) in [7, 11) is 1.41. The Bertz CT molecular complexity index is 1950. The Morgan fingerprint density at radius 1 is 1.15 bits per heavy atom. The first-order valence-corrected chi connectivity index (χ1v) is 14.4. The van der Waals surface area contributed by atoms with Crippen molar-refractivity contribution in [3.05, 3.63) is 88.5 Å². The van der Waals surface area contributed by atoms with Gasteiger partial charge in [0.25, 0.3) is 5.56 Å². The van der Waals surface area contributed by atoms with E-state index in [1.165, 1.54) is 27.6 Å². The van der Waals surface area contributed by atoms with Gasteiger partial charge in [-0.05, 0) is 50.3 Å². The second-order valence-corrected chi connectivity index (χ2v) is 11.1. The zero-order valence-corrected chi connectivity index (χ0v) is 25.9. The number of carbonyl (C=O) groups excluding carboxylic acids is 1. The van der Waals surface area contributed by atoms with Crippen LogP contribution in [0.25, 0.3) is 16.6 Å². The molecule has 3 N–H and O–H groups in total. The van der Waals surface area contributed by atoms with E-state index in [2.05, 4.69) is 20.3 Å². The molecular weight excluding hydrogens is 646 g/mol. The van der Waals surface area contributed by atoms with E-state index in [9.17, 15) is 27.2 Å². The summed E-state index contributed by atoms with van der Waals surface area (Å²) in [6.45, 7) is 1.73. The van der Waals surface area contributed by atoms with Crippen LogP contribution in [0.15, 0.2) is 65.8 Å². The molecule has 1 aromatic carbocycles. The van der Waals surface area contributed by atoms with E-state index < -0.39 is 46.8 Å². The van der Waals surface area contributed by atoms with Crippen molar-refractivity contribution >= 4 is 40.7 Å². The van der Waals surface area contributed by atoms with Crippen LogP contribution in [-0.4, -0.2) is 53.4 Å². The predicted octanol–water partition coefficient (Wildman–Crippen LogP) is 5.16. The number of hydrogen-bond acceptors (Lipinski definition) is 8. The van der Waals surface area contributed by atoms with Crippen molar-refractivity contribution in [2.75, 3.05) is 12.0 Å². The molecule has 1 fully saturated rings. The van der Waals surface area contributed by atoms with Gasteiger partial charge in [-0.3, -0.25) is 14.7 Å². The molecule has 12 nitrogen and oxygen atoms in total. The highest BCUT2D eigenvalue weighted by Crippen LogP contribution is 2.40. The number of H-pyrrole nitrogens is 1. The van der Waals surface area contributed by atoms with Crippen molar-refractivity contribution in [2.24, 2.45) is 5.73 Å². The van der Waals surface area contributed by atoms with E-state index in [0.29, 0.717) is 35.0 Å². The molecular formula is C30H30ClF4N9O3. The molecule has 1 aliphatic rings. The highest BCUT2D eigenvalue weighted by atomic mass is 35.5. The summed E-state index contributed by atoms with van der Waals surface area (Å²) >= 11 is 0. The molecule has 1 atom stereocenters. The zero-order valence-electron chi connectivity index (χ0n) is 25.1. The summed E-state index contributed by atoms with van der Waals surface area (Å²) in [5.41, 5.74) is 3.56. The fourth-order valence-corrected chi connectivity index (χ4v) is 5.90. The fourth-order valence-electron chi connectivity index (χ4n) is 5.90. The number of halogens is 5. The number of carbonyl (C=O) groups is 1. The lowest BCUT2D eigenvalue weighted by atomic mass is 9.81. The Morgan fingerprint density at radius 3 is 2.40 bits per heavy atom. The summed E-state index contributed by atoms with van der Waals surface area (Å²) < 4.78 is 62.7. The third kappa shape index (κ3) is 6.17. The molecule has 17 heteroatoms. The maximum Gasteiger partial charge on any atom is 0.432 e. The maximum atomic E-state index is 13.8. The van der Waals surface area contributed by atoms with E-state index >= 15 is 0 Å². The number of ether oxygens (including phenoxy) is 1. The molecule has 1 amide bonds. The van der Waals surface area contributed by atoms with Gasteiger partial charge in [-0.1, -0.05) is 24.3 Å². The lowest BCUT2D eigenvalue weighted by molar-refractivity contribution is -0.145. The van der Waals surface area contributed by atoms with Crippen LogP contribution in [0.4, 0.5) is 29.2 Å². The van der Waals surface area contributed by atoms with Crippen LogP contribution in [0.2, 0.25) is 0 Å². The summed E-state index contributed by atoms with van der Waals surface area (Å²) in [5, 5.41) is 15.4. The minimum atomic E-state index is -4.70. The van der Waals surface area contributed by atoms with Gasteiger partial charge in [0.05, 0.1) is 29.9 Å². The van der Waals surface area contributed by atoms with Gasteiger partial charge in [-0.25, -0.2) is 18.7 Å². The van der Waals surface area contributed by atoms with Gasteiger partial charge in [-0.15, -0.1) is 12.4 Å². The molecule has 0 radical (unpaired) electrons. The molecule has 4 heterocycles. The Kier molecular flexibility index (Phi) is 9.10. The molecule has 47 heavy (non-hydrogen) atoms. The summed E-state index contributed by atoms with van der Waals surface area (Å²) in [6.07, 6.45) is 0.193. The van der Waals surface area contributed by atoms with Crippen LogP contribution in [0, 0.1) is 5.82 Å². The lowest BCUT2D eigenvalue weighted by Crippen LogP contribution is -2.49. The topological polar surface area (TPSA) is 150 Å². The number of amides is 1. The molecule has 0 spiro atoms. The number of anilines is 2. The largest absolute Gasteiger partial charge is 0.432 e. The summed E-state index contributed by atoms with van der Waals surface area (Å²) in [5.74, 6) is -0.735. The average molecular weight is 676 g/mol. The Morgan fingerprint density at radius 2 is 1.85 bits per heavy atom. The second-order valence-electron chi connectivity index (χ2n) is 11.1. The number of rotatable bonds is 8. The molecule has 1 aliphatic carbocycles. The standard InChI is InChI=1S/C30H29F4N9O3.ClH/c1-17(18-7-8-24(36-14-18)41-16-19(31)15-37-41)42(25-13-23(38-39-25)30(32,33)34)26-21-5-3-4-6-22(21)27(44)43(40-26)20-9-11-29(46-2,12-10-20)28(35)45;/h3-8,13-17,20H,9-12H2,1-2H3,(H2,35,45)(H,38,39);1H/t17-,20?,29?;/m0./s1. The predicted molar refractivity (Wildman–Crippen MR) is 165 cm³/mol. The number of nitrogens with two attached hydrogens (primary N) is 1. The van der Waals surface area contributed by atoms with Crippen molar-refractivity contribution in [1.82, 2.24) is 34.7 Å². The number of benzene rings is 1. The third-order valence-corrected chi connectivity index (χ3v) is 8.53. The monoisotopic (exact) mass is 675 g/mol. The number of nitrogens with zero attached hydrogens (tertiary/aromatic N) is 7. The normalized spacial score (nSPS) is 18.9. The van der Waals surface area contributed by atoms with E-state index in [0.717, 1.165) is 18.5 Å². The summed E-state index contributed by atoms with van der Waals surface area (Å²) in [4.78, 5) is 31.8. The van der Waals surface area contributed by atoms with Crippen LogP contribution in [0.1, 0.15) is 55.9 Å². The summed E-state index contributed by atoms with van der Waals surface area (Å²) in [6, 6.07) is 9.66. The van der Waals surface area contributed by atoms with Crippen LogP contribution >= 0.6 is 12.4 Å². The number of fused-ring (bicyclic) bond motifs is 1. The molecule has 248 valence electrons. The Hall–Kier alpha value is -4.83. The van der Waals surface area contributed by atoms with Gasteiger partial charge in [0.1, 0.15) is 11.3 Å². The van der Waals surface area contributed by atoms with Crippen molar-refractivity contribution < 1.29 is 27.1 Å². The number of alkyl halides is 3. The number of pyridine rings is 1. The second kappa shape index (κ2) is 12.8. The molecule has 5 aromatic rings. The zero-order chi connectivity index (χ0) is 32.8. The number of aromatic amines is 1. The van der Waals surface area contributed by atoms with Crippen LogP contribution in [0.3, 0.4) is 0 Å². The van der Waals surface area contributed by atoms with Crippen molar-refractivity contribution in [3.63, 3.8) is 0 Å². The average Bonchev–Trinajstić information content (AvgIpc) is 3.72. The highest BCUT2D eigenvalue weighted by molar-refractivity contribution is 5.93. The first-order chi connectivity index (χ1) is 21.9. The fraction of sp³-hybridized carbons (Fsp3) is 0.333. The Labute approximate surface area is 270 Å².